The molecule has 1 atom stereocenters. The second-order valence-electron chi connectivity index (χ2n) is 4.19. The van der Waals surface area contributed by atoms with Crippen molar-refractivity contribution in [2.45, 2.75) is 25.8 Å². The summed E-state index contributed by atoms with van der Waals surface area (Å²) in [4.78, 5) is 33.5. The average Bonchev–Trinajstić information content (AvgIpc) is 2.39. The number of carbonyl (C=O) groups is 3. The van der Waals surface area contributed by atoms with E-state index in [1.165, 1.54) is 6.08 Å². The molecule has 2 N–H and O–H groups in total. The average molecular weight is 262 g/mol. The molecule has 1 saturated heterocycles. The zero-order chi connectivity index (χ0) is 14.3. The van der Waals surface area contributed by atoms with Crippen LogP contribution in [-0.2, 0) is 14.4 Å². The molecule has 0 saturated carbocycles. The molecular formula is C14H18N2O3. The van der Waals surface area contributed by atoms with Gasteiger partial charge in [0.1, 0.15) is 6.29 Å². The van der Waals surface area contributed by atoms with Gasteiger partial charge in [-0.05, 0) is 18.9 Å². The van der Waals surface area contributed by atoms with Crippen molar-refractivity contribution in [3.05, 3.63) is 36.0 Å². The van der Waals surface area contributed by atoms with Gasteiger partial charge in [-0.15, -0.1) is 0 Å². The fourth-order valence-corrected chi connectivity index (χ4v) is 1.83. The Labute approximate surface area is 112 Å². The van der Waals surface area contributed by atoms with E-state index >= 15 is 0 Å². The van der Waals surface area contributed by atoms with E-state index in [0.29, 0.717) is 25.0 Å². The monoisotopic (exact) mass is 262 g/mol. The van der Waals surface area contributed by atoms with Crippen LogP contribution in [0.2, 0.25) is 0 Å². The van der Waals surface area contributed by atoms with E-state index in [9.17, 15) is 14.4 Å². The smallest absolute Gasteiger partial charge is 0.243 e. The molecule has 5 heteroatoms. The molecule has 19 heavy (non-hydrogen) atoms. The normalized spacial score (nSPS) is 21.0. The number of amides is 2. The van der Waals surface area contributed by atoms with E-state index in [-0.39, 0.29) is 11.8 Å². The maximum Gasteiger partial charge on any atom is 0.243 e. The molecule has 1 heterocycles. The Bertz CT molecular complexity index is 440. The number of nitrogens with one attached hydrogen (secondary N) is 2. The molecule has 1 unspecified atom stereocenters. The summed E-state index contributed by atoms with van der Waals surface area (Å²) in [6.45, 7) is 5.80. The predicted octanol–water partition coefficient (Wildman–Crippen LogP) is 0.639. The van der Waals surface area contributed by atoms with Crippen molar-refractivity contribution in [3.63, 3.8) is 0 Å². The quantitative estimate of drug-likeness (QED) is 0.319. The van der Waals surface area contributed by atoms with Crippen molar-refractivity contribution in [1.29, 1.82) is 0 Å². The molecule has 0 radical (unpaired) electrons. The molecular weight excluding hydrogens is 244 g/mol. The molecule has 0 spiro atoms. The Hall–Kier alpha value is -2.01. The van der Waals surface area contributed by atoms with Gasteiger partial charge in [-0.25, -0.2) is 0 Å². The van der Waals surface area contributed by atoms with Crippen molar-refractivity contribution >= 4 is 18.1 Å². The van der Waals surface area contributed by atoms with Gasteiger partial charge in [-0.1, -0.05) is 24.8 Å². The maximum atomic E-state index is 11.6. The van der Waals surface area contributed by atoms with Gasteiger partial charge < -0.3 is 5.32 Å². The Morgan fingerprint density at radius 1 is 1.53 bits per heavy atom. The molecule has 0 aromatic heterocycles. The van der Waals surface area contributed by atoms with E-state index in [0.717, 1.165) is 11.9 Å². The second-order valence-corrected chi connectivity index (χ2v) is 4.19. The maximum absolute atomic E-state index is 11.6. The number of hydrogen-bond acceptors (Lipinski definition) is 4. The van der Waals surface area contributed by atoms with E-state index in [2.05, 4.69) is 17.2 Å². The van der Waals surface area contributed by atoms with Crippen molar-refractivity contribution in [3.8, 4) is 0 Å². The largest absolute Gasteiger partial charge is 0.302 e. The van der Waals surface area contributed by atoms with Crippen LogP contribution in [0.3, 0.4) is 0 Å². The van der Waals surface area contributed by atoms with Crippen LogP contribution >= 0.6 is 0 Å². The summed E-state index contributed by atoms with van der Waals surface area (Å²) in [7, 11) is 0. The lowest BCUT2D eigenvalue weighted by molar-refractivity contribution is -0.134. The minimum atomic E-state index is -0.407. The lowest BCUT2D eigenvalue weighted by Crippen LogP contribution is -2.51. The van der Waals surface area contributed by atoms with Crippen LogP contribution in [0.5, 0.6) is 0 Å². The molecule has 2 amide bonds. The van der Waals surface area contributed by atoms with E-state index in [1.54, 1.807) is 6.08 Å². The minimum absolute atomic E-state index is 0.244. The SMILES string of the molecule is C=C/C(C=O)=C(\C=C/C)CNC1CCC(=O)NC1=O. The molecule has 1 fully saturated rings. The molecule has 1 aliphatic rings. The summed E-state index contributed by atoms with van der Waals surface area (Å²) in [5, 5.41) is 5.32. The molecule has 0 aliphatic carbocycles. The van der Waals surface area contributed by atoms with Crippen LogP contribution in [-0.4, -0.2) is 30.7 Å². The first-order valence-corrected chi connectivity index (χ1v) is 6.13. The van der Waals surface area contributed by atoms with Crippen molar-refractivity contribution in [1.82, 2.24) is 10.6 Å². The zero-order valence-corrected chi connectivity index (χ0v) is 10.9. The Balaban J connectivity index is 2.70. The van der Waals surface area contributed by atoms with Gasteiger partial charge in [0.25, 0.3) is 0 Å². The summed E-state index contributed by atoms with van der Waals surface area (Å²) in [6, 6.07) is -0.407. The van der Waals surface area contributed by atoms with Crippen LogP contribution in [0.25, 0.3) is 0 Å². The van der Waals surface area contributed by atoms with Gasteiger partial charge in [0, 0.05) is 18.5 Å². The van der Waals surface area contributed by atoms with Crippen molar-refractivity contribution in [2.24, 2.45) is 0 Å². The number of piperidine rings is 1. The number of aldehydes is 1. The first kappa shape index (κ1) is 15.0. The van der Waals surface area contributed by atoms with Gasteiger partial charge in [-0.3, -0.25) is 19.7 Å². The van der Waals surface area contributed by atoms with E-state index in [4.69, 9.17) is 0 Å². The Morgan fingerprint density at radius 2 is 2.26 bits per heavy atom. The fourth-order valence-electron chi connectivity index (χ4n) is 1.83. The molecule has 0 bridgehead atoms. The van der Waals surface area contributed by atoms with Crippen LogP contribution in [0.4, 0.5) is 0 Å². The standard InChI is InChI=1S/C14H18N2O3/c1-3-5-11(10(4-2)9-17)8-15-12-6-7-13(18)16-14(12)19/h3-5,9,12,15H,2,6-8H2,1H3,(H,16,18,19)/b5-3-,11-10-. The third-order valence-corrected chi connectivity index (χ3v) is 2.86. The topological polar surface area (TPSA) is 75.3 Å². The number of allylic oxidation sites excluding steroid dienone is 3. The van der Waals surface area contributed by atoms with E-state index in [1.807, 2.05) is 13.0 Å². The molecule has 0 aromatic rings. The first-order chi connectivity index (χ1) is 9.12. The zero-order valence-electron chi connectivity index (χ0n) is 10.9. The summed E-state index contributed by atoms with van der Waals surface area (Å²) >= 11 is 0. The Morgan fingerprint density at radius 3 is 2.79 bits per heavy atom. The number of rotatable bonds is 6. The van der Waals surface area contributed by atoms with Crippen molar-refractivity contribution in [2.75, 3.05) is 6.54 Å². The van der Waals surface area contributed by atoms with Gasteiger partial charge in [-0.2, -0.15) is 0 Å². The third kappa shape index (κ3) is 4.30. The number of carbonyl (C=O) groups excluding carboxylic acids is 3. The van der Waals surface area contributed by atoms with Crippen LogP contribution in [0.1, 0.15) is 19.8 Å². The van der Waals surface area contributed by atoms with Gasteiger partial charge in [0.15, 0.2) is 0 Å². The van der Waals surface area contributed by atoms with Crippen molar-refractivity contribution < 1.29 is 14.4 Å². The number of hydrogen-bond donors (Lipinski definition) is 2. The van der Waals surface area contributed by atoms with E-state index < -0.39 is 6.04 Å². The predicted molar refractivity (Wildman–Crippen MR) is 72.3 cm³/mol. The molecule has 0 aromatic carbocycles. The van der Waals surface area contributed by atoms with Gasteiger partial charge in [0.2, 0.25) is 11.8 Å². The lowest BCUT2D eigenvalue weighted by Gasteiger charge is -2.22. The van der Waals surface area contributed by atoms with Crippen LogP contribution in [0.15, 0.2) is 36.0 Å². The molecule has 5 nitrogen and oxygen atoms in total. The highest BCUT2D eigenvalue weighted by Gasteiger charge is 2.25. The summed E-state index contributed by atoms with van der Waals surface area (Å²) < 4.78 is 0. The third-order valence-electron chi connectivity index (χ3n) is 2.86. The number of imide groups is 1. The lowest BCUT2D eigenvalue weighted by atomic mass is 10.0. The highest BCUT2D eigenvalue weighted by molar-refractivity contribution is 6.00. The first-order valence-electron chi connectivity index (χ1n) is 6.13. The summed E-state index contributed by atoms with van der Waals surface area (Å²) in [5.74, 6) is -0.561. The van der Waals surface area contributed by atoms with Crippen LogP contribution < -0.4 is 10.6 Å². The second kappa shape index (κ2) is 7.43. The highest BCUT2D eigenvalue weighted by Crippen LogP contribution is 2.08. The molecule has 1 aliphatic heterocycles. The summed E-state index contributed by atoms with van der Waals surface area (Å²) in [6.07, 6.45) is 6.62. The minimum Gasteiger partial charge on any atom is -0.302 e. The molecule has 1 rings (SSSR count). The fraction of sp³-hybridized carbons (Fsp3) is 0.357. The summed E-state index contributed by atoms with van der Waals surface area (Å²) in [5.41, 5.74) is 1.25. The Kier molecular flexibility index (Phi) is 5.89. The van der Waals surface area contributed by atoms with Crippen LogP contribution in [0, 0.1) is 0 Å². The molecule has 102 valence electrons. The highest BCUT2D eigenvalue weighted by atomic mass is 16.2. The van der Waals surface area contributed by atoms with Gasteiger partial charge in [0.05, 0.1) is 6.04 Å². The van der Waals surface area contributed by atoms with Gasteiger partial charge >= 0.3 is 0 Å².